The molecule has 0 aliphatic rings. The number of benzene rings is 2. The number of hydrogen-bond donors (Lipinski definition) is 2. The monoisotopic (exact) mass is 535 g/mol. The van der Waals surface area contributed by atoms with E-state index in [0.717, 1.165) is 30.5 Å². The number of ether oxygens (including phenoxy) is 1. The molecule has 0 saturated carbocycles. The molecule has 2 N–H and O–H groups in total. The van der Waals surface area contributed by atoms with Gasteiger partial charge in [-0.1, -0.05) is 30.9 Å². The van der Waals surface area contributed by atoms with Crippen LogP contribution in [0.1, 0.15) is 22.4 Å². The quantitative estimate of drug-likeness (QED) is 0.284. The number of halogens is 4. The summed E-state index contributed by atoms with van der Waals surface area (Å²) in [5, 5.41) is 2.51. The molecule has 0 aliphatic heterocycles. The third-order valence-electron chi connectivity index (χ3n) is 4.71. The van der Waals surface area contributed by atoms with Crippen molar-refractivity contribution in [1.29, 1.82) is 0 Å². The largest absolute Gasteiger partial charge is 0.438 e. The smallest absolute Gasteiger partial charge is 0.433 e. The maximum Gasteiger partial charge on any atom is 0.433 e. The van der Waals surface area contributed by atoms with Crippen LogP contribution in [0, 0.1) is 5.82 Å². The van der Waals surface area contributed by atoms with Gasteiger partial charge in [-0.15, -0.1) is 0 Å². The molecule has 1 amide bonds. The zero-order valence-electron chi connectivity index (χ0n) is 19.3. The van der Waals surface area contributed by atoms with Gasteiger partial charge in [0.15, 0.2) is 0 Å². The highest BCUT2D eigenvalue weighted by atomic mass is 32.2. The van der Waals surface area contributed by atoms with E-state index in [1.807, 2.05) is 0 Å². The topological polar surface area (TPSA) is 97.4 Å². The number of carbonyl (C=O) groups excluding carboxylic acids is 1. The molecule has 0 aliphatic carbocycles. The maximum absolute atomic E-state index is 14.5. The number of rotatable bonds is 9. The molecule has 1 heterocycles. The van der Waals surface area contributed by atoms with Gasteiger partial charge in [0, 0.05) is 23.7 Å². The van der Waals surface area contributed by atoms with E-state index in [-0.39, 0.29) is 35.0 Å². The molecular weight excluding hydrogens is 514 g/mol. The lowest BCUT2D eigenvalue weighted by molar-refractivity contribution is -0.141. The molecule has 0 radical (unpaired) electrons. The van der Waals surface area contributed by atoms with Gasteiger partial charge >= 0.3 is 6.18 Å². The summed E-state index contributed by atoms with van der Waals surface area (Å²) in [5.74, 6) is -1.59. The van der Waals surface area contributed by atoms with E-state index in [4.69, 9.17) is 4.74 Å². The first kappa shape index (κ1) is 27.4. The lowest BCUT2D eigenvalue weighted by atomic mass is 10.1. The summed E-state index contributed by atoms with van der Waals surface area (Å²) >= 11 is 0. The average molecular weight is 536 g/mol. The second-order valence-electron chi connectivity index (χ2n) is 7.68. The Morgan fingerprint density at radius 2 is 1.81 bits per heavy atom. The second-order valence-corrected chi connectivity index (χ2v) is 9.42. The van der Waals surface area contributed by atoms with E-state index in [1.54, 1.807) is 18.2 Å². The van der Waals surface area contributed by atoms with E-state index in [9.17, 15) is 30.8 Å². The van der Waals surface area contributed by atoms with Crippen molar-refractivity contribution < 1.29 is 35.5 Å². The molecule has 194 valence electrons. The first-order valence-electron chi connectivity index (χ1n) is 10.6. The summed E-state index contributed by atoms with van der Waals surface area (Å²) in [6.45, 7) is 3.41. The van der Waals surface area contributed by atoms with Gasteiger partial charge in [0.25, 0.3) is 0 Å². The Morgan fingerprint density at radius 1 is 1.11 bits per heavy atom. The third kappa shape index (κ3) is 7.90. The van der Waals surface area contributed by atoms with Crippen LogP contribution in [0.15, 0.2) is 67.3 Å². The minimum Gasteiger partial charge on any atom is -0.438 e. The van der Waals surface area contributed by atoms with Gasteiger partial charge in [-0.25, -0.2) is 17.8 Å². The summed E-state index contributed by atoms with van der Waals surface area (Å²) in [4.78, 5) is 15.9. The molecule has 0 atom stereocenters. The maximum atomic E-state index is 14.5. The molecule has 0 saturated heterocycles. The van der Waals surface area contributed by atoms with Crippen molar-refractivity contribution in [2.24, 2.45) is 0 Å². The van der Waals surface area contributed by atoms with Crippen molar-refractivity contribution in [3.8, 4) is 11.6 Å². The highest BCUT2D eigenvalue weighted by molar-refractivity contribution is 7.92. The lowest BCUT2D eigenvalue weighted by Gasteiger charge is -2.12. The third-order valence-corrected chi connectivity index (χ3v) is 5.28. The molecule has 1 aromatic heterocycles. The number of amides is 1. The van der Waals surface area contributed by atoms with E-state index in [0.29, 0.717) is 5.56 Å². The normalized spacial score (nSPS) is 11.8. The van der Waals surface area contributed by atoms with Crippen molar-refractivity contribution in [1.82, 2.24) is 10.3 Å². The zero-order chi connectivity index (χ0) is 27.2. The SMILES string of the molecule is C=Cc1cc(CNC(=O)C=Cc2ccc(C(F)(F)F)nc2Oc2ccccc2)cc(F)c1NS(C)(=O)=O. The number of carbonyl (C=O) groups is 1. The average Bonchev–Trinajstić information content (AvgIpc) is 2.82. The van der Waals surface area contributed by atoms with Gasteiger partial charge in [-0.3, -0.25) is 9.52 Å². The first-order valence-corrected chi connectivity index (χ1v) is 12.4. The predicted octanol–water partition coefficient (Wildman–Crippen LogP) is 5.38. The van der Waals surface area contributed by atoms with E-state index >= 15 is 0 Å². The molecule has 7 nitrogen and oxygen atoms in total. The number of pyridine rings is 1. The number of aromatic nitrogens is 1. The molecule has 0 unspecified atom stereocenters. The van der Waals surface area contributed by atoms with Crippen LogP contribution < -0.4 is 14.8 Å². The minimum atomic E-state index is -4.69. The van der Waals surface area contributed by atoms with Gasteiger partial charge in [0.1, 0.15) is 17.3 Å². The summed E-state index contributed by atoms with van der Waals surface area (Å²) < 4.78 is 84.4. The summed E-state index contributed by atoms with van der Waals surface area (Å²) in [7, 11) is -3.73. The molecule has 37 heavy (non-hydrogen) atoms. The number of nitrogens with one attached hydrogen (secondary N) is 2. The van der Waals surface area contributed by atoms with Gasteiger partial charge in [-0.2, -0.15) is 13.2 Å². The predicted molar refractivity (Wildman–Crippen MR) is 132 cm³/mol. The number of hydrogen-bond acceptors (Lipinski definition) is 5. The van der Waals surface area contributed by atoms with Gasteiger partial charge in [0.05, 0.1) is 11.9 Å². The van der Waals surface area contributed by atoms with Crippen molar-refractivity contribution in [3.63, 3.8) is 0 Å². The van der Waals surface area contributed by atoms with Crippen LogP contribution in [0.5, 0.6) is 11.6 Å². The Bertz CT molecular complexity index is 1440. The van der Waals surface area contributed by atoms with Crippen LogP contribution in [-0.2, 0) is 27.5 Å². The van der Waals surface area contributed by atoms with E-state index < -0.39 is 33.6 Å². The standard InChI is InChI=1S/C25H21F4N3O4S/c1-3-17-13-16(14-20(26)23(17)32-37(2,34)35)15-30-22(33)12-10-18-9-11-21(25(27,28)29)31-24(18)36-19-7-5-4-6-8-19/h3-14,32H,1,15H2,2H3,(H,30,33). The van der Waals surface area contributed by atoms with Gasteiger partial charge in [-0.05, 0) is 48.0 Å². The first-order chi connectivity index (χ1) is 17.4. The van der Waals surface area contributed by atoms with Gasteiger partial charge < -0.3 is 10.1 Å². The van der Waals surface area contributed by atoms with Crippen molar-refractivity contribution in [3.05, 3.63) is 95.5 Å². The van der Waals surface area contributed by atoms with E-state index in [2.05, 4.69) is 21.6 Å². The molecule has 12 heteroatoms. The number of para-hydroxylation sites is 1. The molecular formula is C25H21F4N3O4S. The fourth-order valence-electron chi connectivity index (χ4n) is 3.07. The van der Waals surface area contributed by atoms with Crippen LogP contribution in [0.2, 0.25) is 0 Å². The second kappa shape index (κ2) is 11.2. The molecule has 0 bridgehead atoms. The summed E-state index contributed by atoms with van der Waals surface area (Å²) in [5.41, 5.74) is -0.827. The number of alkyl halides is 3. The van der Waals surface area contributed by atoms with Crippen molar-refractivity contribution >= 4 is 33.8 Å². The highest BCUT2D eigenvalue weighted by Gasteiger charge is 2.33. The summed E-state index contributed by atoms with van der Waals surface area (Å²) in [6, 6.07) is 12.4. The Hall–Kier alpha value is -4.19. The van der Waals surface area contributed by atoms with Crippen molar-refractivity contribution in [2.45, 2.75) is 12.7 Å². The zero-order valence-corrected chi connectivity index (χ0v) is 20.2. The molecule has 3 aromatic rings. The molecule has 3 rings (SSSR count). The summed E-state index contributed by atoms with van der Waals surface area (Å²) in [6.07, 6.45) is -0.265. The number of anilines is 1. The van der Waals surface area contributed by atoms with Crippen LogP contribution in [0.4, 0.5) is 23.2 Å². The fourth-order valence-corrected chi connectivity index (χ4v) is 3.66. The minimum absolute atomic E-state index is 0.114. The van der Waals surface area contributed by atoms with Crippen LogP contribution in [-0.4, -0.2) is 25.6 Å². The lowest BCUT2D eigenvalue weighted by Crippen LogP contribution is -2.20. The highest BCUT2D eigenvalue weighted by Crippen LogP contribution is 2.32. The van der Waals surface area contributed by atoms with Crippen LogP contribution >= 0.6 is 0 Å². The fraction of sp³-hybridized carbons (Fsp3) is 0.120. The number of nitrogens with zero attached hydrogens (tertiary/aromatic N) is 1. The van der Waals surface area contributed by atoms with Gasteiger partial charge in [0.2, 0.25) is 21.8 Å². The molecule has 0 fully saturated rings. The Morgan fingerprint density at radius 3 is 2.43 bits per heavy atom. The Kier molecular flexibility index (Phi) is 8.33. The molecule has 2 aromatic carbocycles. The van der Waals surface area contributed by atoms with Crippen LogP contribution in [0.25, 0.3) is 12.2 Å². The van der Waals surface area contributed by atoms with Crippen LogP contribution in [0.3, 0.4) is 0 Å². The number of sulfonamides is 1. The Labute approximate surface area is 210 Å². The molecule has 0 spiro atoms. The van der Waals surface area contributed by atoms with Crippen molar-refractivity contribution in [2.75, 3.05) is 11.0 Å². The van der Waals surface area contributed by atoms with E-state index in [1.165, 1.54) is 30.4 Å². The Balaban J connectivity index is 1.77.